The molecule has 4 nitrogen and oxygen atoms in total. The van der Waals surface area contributed by atoms with Crippen LogP contribution in [0.2, 0.25) is 0 Å². The minimum absolute atomic E-state index is 0.266. The van der Waals surface area contributed by atoms with Gasteiger partial charge in [0.05, 0.1) is 0 Å². The Bertz CT molecular complexity index is 888. The zero-order chi connectivity index (χ0) is 20.8. The summed E-state index contributed by atoms with van der Waals surface area (Å²) in [6.45, 7) is 0. The van der Waals surface area contributed by atoms with Crippen LogP contribution in [0.25, 0.3) is 11.1 Å². The summed E-state index contributed by atoms with van der Waals surface area (Å²) in [6.07, 6.45) is 11.0. The van der Waals surface area contributed by atoms with E-state index >= 15 is 0 Å². The molecule has 0 radical (unpaired) electrons. The van der Waals surface area contributed by atoms with Gasteiger partial charge in [-0.15, -0.1) is 0 Å². The summed E-state index contributed by atoms with van der Waals surface area (Å²) in [7, 11) is 0. The number of hydrogen-bond acceptors (Lipinski definition) is 4. The Hall–Kier alpha value is -3.14. The average molecular weight is 401 g/mol. The molecule has 0 unspecified atom stereocenters. The Labute approximate surface area is 178 Å². The molecule has 0 bridgehead atoms. The molecule has 2 saturated carbocycles. The van der Waals surface area contributed by atoms with E-state index in [4.69, 9.17) is 0 Å². The fourth-order valence-corrected chi connectivity index (χ4v) is 3.97. The summed E-state index contributed by atoms with van der Waals surface area (Å²) in [6, 6.07) is 16.4. The summed E-state index contributed by atoms with van der Waals surface area (Å²) in [5.74, 6) is 0.533. The topological polar surface area (TPSA) is 58.2 Å². The lowest BCUT2D eigenvalue weighted by Gasteiger charge is -2.13. The van der Waals surface area contributed by atoms with Gasteiger partial charge in [-0.1, -0.05) is 24.3 Å². The highest BCUT2D eigenvalue weighted by molar-refractivity contribution is 5.96. The van der Waals surface area contributed by atoms with Gasteiger partial charge < -0.3 is 10.6 Å². The van der Waals surface area contributed by atoms with Gasteiger partial charge >= 0.3 is 0 Å². The van der Waals surface area contributed by atoms with Crippen LogP contribution >= 0.6 is 0 Å². The molecule has 2 aliphatic carbocycles. The first-order chi connectivity index (χ1) is 14.7. The van der Waals surface area contributed by atoms with E-state index < -0.39 is 0 Å². The van der Waals surface area contributed by atoms with E-state index in [9.17, 15) is 9.59 Å². The van der Waals surface area contributed by atoms with Crippen LogP contribution < -0.4 is 10.6 Å². The Balaban J connectivity index is 1.37. The third-order valence-corrected chi connectivity index (χ3v) is 5.85. The molecule has 2 aromatic rings. The summed E-state index contributed by atoms with van der Waals surface area (Å²) >= 11 is 0. The highest BCUT2D eigenvalue weighted by Gasteiger charge is 2.15. The van der Waals surface area contributed by atoms with Gasteiger partial charge in [0.2, 0.25) is 0 Å². The maximum Gasteiger partial charge on any atom is 0.160 e. The molecule has 0 amide bonds. The van der Waals surface area contributed by atoms with Crippen LogP contribution in [0, 0.1) is 0 Å². The molecule has 0 aliphatic heterocycles. The number of hydrogen-bond donors (Lipinski definition) is 2. The fourth-order valence-electron chi connectivity index (χ4n) is 3.97. The minimum Gasteiger partial charge on any atom is -0.361 e. The summed E-state index contributed by atoms with van der Waals surface area (Å²) in [5, 5.41) is 6.51. The molecule has 4 rings (SSSR count). The van der Waals surface area contributed by atoms with Gasteiger partial charge in [-0.05, 0) is 73.9 Å². The molecule has 2 aliphatic rings. The average Bonchev–Trinajstić information content (AvgIpc) is 2.79. The van der Waals surface area contributed by atoms with Crippen LogP contribution in [-0.2, 0) is 9.59 Å². The molecular weight excluding hydrogens is 372 g/mol. The van der Waals surface area contributed by atoms with E-state index in [1.165, 1.54) is 0 Å². The van der Waals surface area contributed by atoms with E-state index in [-0.39, 0.29) is 11.6 Å². The van der Waals surface area contributed by atoms with E-state index in [1.54, 1.807) is 0 Å². The van der Waals surface area contributed by atoms with Crippen molar-refractivity contribution in [1.82, 2.24) is 0 Å². The second kappa shape index (κ2) is 9.57. The Morgan fingerprint density at radius 2 is 0.900 bits per heavy atom. The maximum atomic E-state index is 11.9. The Morgan fingerprint density at radius 3 is 1.27 bits per heavy atom. The van der Waals surface area contributed by atoms with Crippen LogP contribution in [0.4, 0.5) is 11.4 Å². The predicted molar refractivity (Wildman–Crippen MR) is 122 cm³/mol. The SMILES string of the molecule is O=C1CCCCC1=CNc1ccc(-c2ccc(NC=C3CCCCC3=O)cc2)cc1. The number of Topliss-reactive ketones (excluding diaryl/α,β-unsaturated/α-hetero) is 2. The van der Waals surface area contributed by atoms with Crippen molar-refractivity contribution < 1.29 is 9.59 Å². The first-order valence-electron chi connectivity index (χ1n) is 10.9. The standard InChI is InChI=1S/C26H28N2O2/c29-25-7-3-1-5-21(25)17-27-23-13-9-19(10-14-23)20-11-15-24(16-12-20)28-18-22-6-2-4-8-26(22)30/h9-18,27-28H,1-8H2. The number of carbonyl (C=O) groups excluding carboxylic acids is 2. The number of benzene rings is 2. The van der Waals surface area contributed by atoms with Gasteiger partial charge in [-0.3, -0.25) is 9.59 Å². The number of allylic oxidation sites excluding steroid dienone is 2. The summed E-state index contributed by atoms with van der Waals surface area (Å²) < 4.78 is 0. The van der Waals surface area contributed by atoms with E-state index in [2.05, 4.69) is 34.9 Å². The second-order valence-electron chi connectivity index (χ2n) is 8.04. The van der Waals surface area contributed by atoms with Crippen LogP contribution in [0.15, 0.2) is 72.1 Å². The van der Waals surface area contributed by atoms with E-state index in [1.807, 2.05) is 36.7 Å². The zero-order valence-electron chi connectivity index (χ0n) is 17.2. The molecule has 30 heavy (non-hydrogen) atoms. The predicted octanol–water partition coefficient (Wildman–Crippen LogP) is 6.23. The van der Waals surface area contributed by atoms with Crippen LogP contribution in [-0.4, -0.2) is 11.6 Å². The van der Waals surface area contributed by atoms with Crippen molar-refractivity contribution >= 4 is 22.9 Å². The molecule has 2 fully saturated rings. The van der Waals surface area contributed by atoms with Crippen molar-refractivity contribution in [2.45, 2.75) is 51.4 Å². The highest BCUT2D eigenvalue weighted by Crippen LogP contribution is 2.25. The van der Waals surface area contributed by atoms with Gasteiger partial charge in [0, 0.05) is 47.8 Å². The number of nitrogens with one attached hydrogen (secondary N) is 2. The zero-order valence-corrected chi connectivity index (χ0v) is 17.2. The Kier molecular flexibility index (Phi) is 6.43. The smallest absolute Gasteiger partial charge is 0.160 e. The third kappa shape index (κ3) is 5.07. The van der Waals surface area contributed by atoms with Gasteiger partial charge in [0.1, 0.15) is 0 Å². The maximum absolute atomic E-state index is 11.9. The van der Waals surface area contributed by atoms with Crippen LogP contribution in [0.5, 0.6) is 0 Å². The number of rotatable bonds is 5. The lowest BCUT2D eigenvalue weighted by atomic mass is 9.94. The molecule has 154 valence electrons. The van der Waals surface area contributed by atoms with Crippen molar-refractivity contribution in [3.8, 4) is 11.1 Å². The van der Waals surface area contributed by atoms with Crippen molar-refractivity contribution in [2.75, 3.05) is 10.6 Å². The van der Waals surface area contributed by atoms with Crippen molar-refractivity contribution in [1.29, 1.82) is 0 Å². The van der Waals surface area contributed by atoms with Crippen LogP contribution in [0.1, 0.15) is 51.4 Å². The van der Waals surface area contributed by atoms with Gasteiger partial charge in [-0.2, -0.15) is 0 Å². The number of carbonyl (C=O) groups is 2. The molecule has 0 saturated heterocycles. The van der Waals surface area contributed by atoms with Gasteiger partial charge in [-0.25, -0.2) is 0 Å². The van der Waals surface area contributed by atoms with Crippen molar-refractivity contribution in [2.24, 2.45) is 0 Å². The van der Waals surface area contributed by atoms with E-state index in [0.717, 1.165) is 72.2 Å². The molecule has 4 heteroatoms. The number of anilines is 2. The van der Waals surface area contributed by atoms with Gasteiger partial charge in [0.25, 0.3) is 0 Å². The van der Waals surface area contributed by atoms with Crippen molar-refractivity contribution in [3.05, 3.63) is 72.1 Å². The molecule has 2 N–H and O–H groups in total. The normalized spacial score (nSPS) is 19.9. The largest absolute Gasteiger partial charge is 0.361 e. The lowest BCUT2D eigenvalue weighted by molar-refractivity contribution is -0.117. The highest BCUT2D eigenvalue weighted by atomic mass is 16.1. The van der Waals surface area contributed by atoms with Gasteiger partial charge in [0.15, 0.2) is 11.6 Å². The molecule has 0 heterocycles. The monoisotopic (exact) mass is 400 g/mol. The summed E-state index contributed by atoms with van der Waals surface area (Å²) in [4.78, 5) is 23.8. The second-order valence-corrected chi connectivity index (χ2v) is 8.04. The fraction of sp³-hybridized carbons (Fsp3) is 0.308. The molecular formula is C26H28N2O2. The number of ketones is 2. The molecule has 0 atom stereocenters. The molecule has 0 aromatic heterocycles. The van der Waals surface area contributed by atoms with Crippen LogP contribution in [0.3, 0.4) is 0 Å². The quantitative estimate of drug-likeness (QED) is 0.584. The molecule has 2 aromatic carbocycles. The first-order valence-corrected chi connectivity index (χ1v) is 10.9. The van der Waals surface area contributed by atoms with E-state index in [0.29, 0.717) is 12.8 Å². The summed E-state index contributed by atoms with van der Waals surface area (Å²) in [5.41, 5.74) is 6.03. The Morgan fingerprint density at radius 1 is 0.533 bits per heavy atom. The van der Waals surface area contributed by atoms with Crippen molar-refractivity contribution in [3.63, 3.8) is 0 Å². The first kappa shape index (κ1) is 20.1. The molecule has 0 spiro atoms. The lowest BCUT2D eigenvalue weighted by Crippen LogP contribution is -2.09. The minimum atomic E-state index is 0.266. The third-order valence-electron chi connectivity index (χ3n) is 5.85.